The summed E-state index contributed by atoms with van der Waals surface area (Å²) in [5.74, 6) is -1.35. The fourth-order valence-electron chi connectivity index (χ4n) is 2.62. The lowest BCUT2D eigenvalue weighted by Crippen LogP contribution is -2.42. The molecule has 0 radical (unpaired) electrons. The molecule has 1 aromatic carbocycles. The predicted octanol–water partition coefficient (Wildman–Crippen LogP) is 2.87. The van der Waals surface area contributed by atoms with Crippen molar-refractivity contribution in [3.63, 3.8) is 0 Å². The minimum atomic E-state index is -1.34. The van der Waals surface area contributed by atoms with E-state index in [0.29, 0.717) is 0 Å². The van der Waals surface area contributed by atoms with Crippen molar-refractivity contribution in [2.24, 2.45) is 5.11 Å². The molecule has 0 aliphatic carbocycles. The Balaban J connectivity index is 2.54. The zero-order valence-electron chi connectivity index (χ0n) is 12.0. The molecule has 1 saturated heterocycles. The molecular weight excluding hydrogens is 277 g/mol. The Morgan fingerprint density at radius 3 is 2.76 bits per heavy atom. The van der Waals surface area contributed by atoms with E-state index in [2.05, 4.69) is 10.0 Å². The first-order valence-corrected chi connectivity index (χ1v) is 6.69. The van der Waals surface area contributed by atoms with Gasteiger partial charge in [-0.2, -0.15) is 0 Å². The summed E-state index contributed by atoms with van der Waals surface area (Å²) >= 11 is 0. The van der Waals surface area contributed by atoms with Gasteiger partial charge in [-0.25, -0.2) is 4.39 Å². The molecule has 0 bridgehead atoms. The molecule has 7 heteroatoms. The van der Waals surface area contributed by atoms with Crippen molar-refractivity contribution in [1.29, 1.82) is 0 Å². The van der Waals surface area contributed by atoms with E-state index in [1.165, 1.54) is 12.1 Å². The van der Waals surface area contributed by atoms with Crippen LogP contribution in [0.1, 0.15) is 25.8 Å². The molecule has 6 nitrogen and oxygen atoms in total. The van der Waals surface area contributed by atoms with Crippen molar-refractivity contribution in [2.45, 2.75) is 37.7 Å². The molecule has 2 rings (SSSR count). The molecule has 1 aromatic rings. The highest BCUT2D eigenvalue weighted by Gasteiger charge is 2.48. The van der Waals surface area contributed by atoms with Crippen LogP contribution < -0.4 is 0 Å². The SMILES string of the molecule is CC1(C)OC[C@@H]([C@](CCO)(N=[N+]=[N-])c2ccccc2F)O1. The first-order valence-electron chi connectivity index (χ1n) is 6.69. The average molecular weight is 295 g/mol. The van der Waals surface area contributed by atoms with E-state index >= 15 is 0 Å². The van der Waals surface area contributed by atoms with Gasteiger partial charge in [-0.1, -0.05) is 23.3 Å². The molecular formula is C14H18FN3O3. The van der Waals surface area contributed by atoms with Crippen molar-refractivity contribution in [1.82, 2.24) is 0 Å². The summed E-state index contributed by atoms with van der Waals surface area (Å²) in [4.78, 5) is 2.85. The molecule has 1 fully saturated rings. The largest absolute Gasteiger partial charge is 0.396 e. The zero-order chi connectivity index (χ0) is 15.5. The molecule has 0 spiro atoms. The molecule has 0 amide bonds. The fourth-order valence-corrected chi connectivity index (χ4v) is 2.62. The van der Waals surface area contributed by atoms with Crippen molar-refractivity contribution in [3.8, 4) is 0 Å². The molecule has 0 aromatic heterocycles. The highest BCUT2D eigenvalue weighted by molar-refractivity contribution is 5.29. The van der Waals surface area contributed by atoms with E-state index in [4.69, 9.17) is 15.0 Å². The standard InChI is InChI=1S/C14H18FN3O3/c1-13(2)20-9-12(21-13)14(7-8-19,17-18-16)10-5-3-4-6-11(10)15/h3-6,12,19H,7-9H2,1-2H3/t12-,14+/m0/s1. The van der Waals surface area contributed by atoms with Gasteiger partial charge in [0.15, 0.2) is 5.79 Å². The Morgan fingerprint density at radius 2 is 2.24 bits per heavy atom. The fraction of sp³-hybridized carbons (Fsp3) is 0.571. The maximum Gasteiger partial charge on any atom is 0.163 e. The van der Waals surface area contributed by atoms with Gasteiger partial charge in [-0.05, 0) is 31.9 Å². The third kappa shape index (κ3) is 3.01. The Hall–Kier alpha value is -1.66. The number of rotatable bonds is 5. The molecule has 2 atom stereocenters. The molecule has 1 heterocycles. The normalized spacial score (nSPS) is 23.3. The molecule has 114 valence electrons. The van der Waals surface area contributed by atoms with Gasteiger partial charge in [-0.3, -0.25) is 0 Å². The van der Waals surface area contributed by atoms with Gasteiger partial charge in [-0.15, -0.1) is 0 Å². The number of aliphatic hydroxyl groups is 1. The van der Waals surface area contributed by atoms with Crippen LogP contribution in [0.5, 0.6) is 0 Å². The van der Waals surface area contributed by atoms with Crippen molar-refractivity contribution in [2.75, 3.05) is 13.2 Å². The number of benzene rings is 1. The van der Waals surface area contributed by atoms with Gasteiger partial charge in [0, 0.05) is 17.1 Å². The van der Waals surface area contributed by atoms with E-state index in [0.717, 1.165) is 0 Å². The number of azide groups is 1. The van der Waals surface area contributed by atoms with Crippen LogP contribution in [0.15, 0.2) is 29.4 Å². The quantitative estimate of drug-likeness (QED) is 0.514. The van der Waals surface area contributed by atoms with Crippen LogP contribution in [-0.2, 0) is 15.0 Å². The Kier molecular flexibility index (Phi) is 4.49. The van der Waals surface area contributed by atoms with Crippen molar-refractivity contribution in [3.05, 3.63) is 46.1 Å². The third-order valence-corrected chi connectivity index (χ3v) is 3.60. The van der Waals surface area contributed by atoms with Crippen molar-refractivity contribution < 1.29 is 19.0 Å². The Bertz CT molecular complexity index is 560. The van der Waals surface area contributed by atoms with Gasteiger partial charge in [0.2, 0.25) is 0 Å². The van der Waals surface area contributed by atoms with Crippen LogP contribution in [0.25, 0.3) is 10.4 Å². The maximum atomic E-state index is 14.2. The molecule has 0 saturated carbocycles. The average Bonchev–Trinajstić information content (AvgIpc) is 2.80. The number of nitrogens with zero attached hydrogens (tertiary/aromatic N) is 3. The highest BCUT2D eigenvalue weighted by atomic mass is 19.1. The summed E-state index contributed by atoms with van der Waals surface area (Å²) in [5, 5.41) is 13.2. The van der Waals surface area contributed by atoms with Gasteiger partial charge in [0.1, 0.15) is 11.4 Å². The van der Waals surface area contributed by atoms with Gasteiger partial charge < -0.3 is 14.6 Å². The lowest BCUT2D eigenvalue weighted by molar-refractivity contribution is -0.148. The van der Waals surface area contributed by atoms with Crippen molar-refractivity contribution >= 4 is 0 Å². The second kappa shape index (κ2) is 5.99. The monoisotopic (exact) mass is 295 g/mol. The Morgan fingerprint density at radius 1 is 1.52 bits per heavy atom. The van der Waals surface area contributed by atoms with Crippen LogP contribution in [0.3, 0.4) is 0 Å². The molecule has 1 N–H and O–H groups in total. The number of halogens is 1. The topological polar surface area (TPSA) is 87.5 Å². The summed E-state index contributed by atoms with van der Waals surface area (Å²) in [6.45, 7) is 3.34. The number of aliphatic hydroxyl groups excluding tert-OH is 1. The van der Waals surface area contributed by atoms with E-state index in [1.54, 1.807) is 26.0 Å². The van der Waals surface area contributed by atoms with E-state index in [9.17, 15) is 9.50 Å². The van der Waals surface area contributed by atoms with Crippen LogP contribution >= 0.6 is 0 Å². The first kappa shape index (κ1) is 15.7. The van der Waals surface area contributed by atoms with Crippen LogP contribution in [-0.4, -0.2) is 30.2 Å². The molecule has 1 aliphatic heterocycles. The van der Waals surface area contributed by atoms with Crippen LogP contribution in [0, 0.1) is 5.82 Å². The molecule has 0 unspecified atom stereocenters. The van der Waals surface area contributed by atoms with E-state index in [1.807, 2.05) is 0 Å². The number of hydrogen-bond donors (Lipinski definition) is 1. The summed E-state index contributed by atoms with van der Waals surface area (Å²) in [6.07, 6.45) is -0.630. The summed E-state index contributed by atoms with van der Waals surface area (Å²) < 4.78 is 25.5. The number of hydrogen-bond acceptors (Lipinski definition) is 4. The zero-order valence-corrected chi connectivity index (χ0v) is 12.0. The molecule has 21 heavy (non-hydrogen) atoms. The minimum absolute atomic E-state index is 0.0438. The smallest absolute Gasteiger partial charge is 0.163 e. The van der Waals surface area contributed by atoms with E-state index < -0.39 is 23.2 Å². The highest BCUT2D eigenvalue weighted by Crippen LogP contribution is 2.41. The summed E-state index contributed by atoms with van der Waals surface area (Å²) in [6, 6.07) is 6.02. The van der Waals surface area contributed by atoms with Crippen LogP contribution in [0.4, 0.5) is 4.39 Å². The number of ether oxygens (including phenoxy) is 2. The lowest BCUT2D eigenvalue weighted by atomic mass is 9.82. The molecule has 1 aliphatic rings. The lowest BCUT2D eigenvalue weighted by Gasteiger charge is -2.34. The predicted molar refractivity (Wildman–Crippen MR) is 73.8 cm³/mol. The van der Waals surface area contributed by atoms with Gasteiger partial charge >= 0.3 is 0 Å². The Labute approximate surface area is 122 Å². The third-order valence-electron chi connectivity index (χ3n) is 3.60. The van der Waals surface area contributed by atoms with E-state index in [-0.39, 0.29) is 25.2 Å². The van der Waals surface area contributed by atoms with Gasteiger partial charge in [0.05, 0.1) is 12.7 Å². The summed E-state index contributed by atoms with van der Waals surface area (Å²) in [7, 11) is 0. The minimum Gasteiger partial charge on any atom is -0.396 e. The second-order valence-corrected chi connectivity index (χ2v) is 5.38. The summed E-state index contributed by atoms with van der Waals surface area (Å²) in [5.41, 5.74) is 7.78. The first-order chi connectivity index (χ1) is 9.95. The van der Waals surface area contributed by atoms with Crippen LogP contribution in [0.2, 0.25) is 0 Å². The second-order valence-electron chi connectivity index (χ2n) is 5.38. The van der Waals surface area contributed by atoms with Gasteiger partial charge in [0.25, 0.3) is 0 Å². The maximum absolute atomic E-state index is 14.2.